The summed E-state index contributed by atoms with van der Waals surface area (Å²) < 4.78 is 1.78. The Kier molecular flexibility index (Phi) is 2.77. The number of anilines is 1. The van der Waals surface area contributed by atoms with Gasteiger partial charge in [-0.05, 0) is 12.1 Å². The van der Waals surface area contributed by atoms with Gasteiger partial charge in [-0.3, -0.25) is 0 Å². The second kappa shape index (κ2) is 4.58. The SMILES string of the molecule is Nc1cccc(-c2ncn(Cc3nccs3)n2)c1. The average Bonchev–Trinajstić information content (AvgIpc) is 3.01. The number of aromatic nitrogens is 4. The molecule has 3 aromatic rings. The monoisotopic (exact) mass is 257 g/mol. The summed E-state index contributed by atoms with van der Waals surface area (Å²) in [6, 6.07) is 7.55. The molecule has 6 heteroatoms. The smallest absolute Gasteiger partial charge is 0.181 e. The molecule has 90 valence electrons. The third kappa shape index (κ3) is 2.23. The van der Waals surface area contributed by atoms with Crippen molar-refractivity contribution in [3.8, 4) is 11.4 Å². The van der Waals surface area contributed by atoms with Gasteiger partial charge in [0, 0.05) is 22.8 Å². The van der Waals surface area contributed by atoms with E-state index in [0.717, 1.165) is 10.6 Å². The van der Waals surface area contributed by atoms with Gasteiger partial charge in [0.05, 0.1) is 6.54 Å². The Morgan fingerprint density at radius 2 is 2.22 bits per heavy atom. The first kappa shape index (κ1) is 10.9. The summed E-state index contributed by atoms with van der Waals surface area (Å²) in [5, 5.41) is 7.38. The normalized spacial score (nSPS) is 10.7. The predicted octanol–water partition coefficient (Wildman–Crippen LogP) is 2.03. The van der Waals surface area contributed by atoms with Gasteiger partial charge in [-0.1, -0.05) is 12.1 Å². The zero-order valence-corrected chi connectivity index (χ0v) is 10.3. The van der Waals surface area contributed by atoms with Gasteiger partial charge in [-0.25, -0.2) is 14.6 Å². The maximum absolute atomic E-state index is 5.74. The van der Waals surface area contributed by atoms with Crippen LogP contribution in [0.4, 0.5) is 5.69 Å². The Bertz CT molecular complexity index is 644. The lowest BCUT2D eigenvalue weighted by Crippen LogP contribution is -1.99. The molecule has 18 heavy (non-hydrogen) atoms. The molecule has 0 saturated heterocycles. The minimum Gasteiger partial charge on any atom is -0.399 e. The van der Waals surface area contributed by atoms with Gasteiger partial charge in [-0.2, -0.15) is 5.10 Å². The van der Waals surface area contributed by atoms with Gasteiger partial charge in [0.25, 0.3) is 0 Å². The summed E-state index contributed by atoms with van der Waals surface area (Å²) in [5.41, 5.74) is 7.38. The summed E-state index contributed by atoms with van der Waals surface area (Å²) in [5.74, 6) is 0.679. The van der Waals surface area contributed by atoms with Crippen LogP contribution in [0, 0.1) is 0 Å². The molecule has 2 N–H and O–H groups in total. The van der Waals surface area contributed by atoms with E-state index in [1.165, 1.54) is 0 Å². The van der Waals surface area contributed by atoms with E-state index in [1.54, 1.807) is 28.5 Å². The minimum atomic E-state index is 0.646. The van der Waals surface area contributed by atoms with Crippen LogP contribution in [0.25, 0.3) is 11.4 Å². The molecule has 0 aliphatic rings. The van der Waals surface area contributed by atoms with Crippen LogP contribution in [0.3, 0.4) is 0 Å². The van der Waals surface area contributed by atoms with E-state index in [9.17, 15) is 0 Å². The quantitative estimate of drug-likeness (QED) is 0.729. The van der Waals surface area contributed by atoms with E-state index in [1.807, 2.05) is 29.6 Å². The van der Waals surface area contributed by atoms with Crippen molar-refractivity contribution in [2.75, 3.05) is 5.73 Å². The van der Waals surface area contributed by atoms with Crippen LogP contribution in [0.5, 0.6) is 0 Å². The van der Waals surface area contributed by atoms with E-state index in [-0.39, 0.29) is 0 Å². The Morgan fingerprint density at radius 1 is 1.28 bits per heavy atom. The molecule has 1 aromatic carbocycles. The van der Waals surface area contributed by atoms with Crippen molar-refractivity contribution in [2.24, 2.45) is 0 Å². The second-order valence-corrected chi connectivity index (χ2v) is 4.80. The maximum atomic E-state index is 5.74. The number of rotatable bonds is 3. The van der Waals surface area contributed by atoms with Crippen LogP contribution < -0.4 is 5.73 Å². The highest BCUT2D eigenvalue weighted by atomic mass is 32.1. The number of nitrogens with zero attached hydrogens (tertiary/aromatic N) is 4. The standard InChI is InChI=1S/C12H11N5S/c13-10-3-1-2-9(6-10)12-15-8-17(16-12)7-11-14-4-5-18-11/h1-6,8H,7,13H2. The fourth-order valence-corrected chi connectivity index (χ4v) is 2.26. The molecule has 2 heterocycles. The summed E-state index contributed by atoms with van der Waals surface area (Å²) in [7, 11) is 0. The number of hydrogen-bond donors (Lipinski definition) is 1. The molecule has 5 nitrogen and oxygen atoms in total. The first-order valence-electron chi connectivity index (χ1n) is 5.45. The van der Waals surface area contributed by atoms with Gasteiger partial charge in [0.15, 0.2) is 5.82 Å². The van der Waals surface area contributed by atoms with Gasteiger partial charge < -0.3 is 5.73 Å². The van der Waals surface area contributed by atoms with Crippen molar-refractivity contribution in [3.63, 3.8) is 0 Å². The zero-order valence-electron chi connectivity index (χ0n) is 9.52. The Hall–Kier alpha value is -2.21. The minimum absolute atomic E-state index is 0.646. The molecular weight excluding hydrogens is 246 g/mol. The molecule has 0 saturated carbocycles. The highest BCUT2D eigenvalue weighted by Crippen LogP contribution is 2.17. The van der Waals surface area contributed by atoms with E-state index >= 15 is 0 Å². The van der Waals surface area contributed by atoms with Crippen molar-refractivity contribution < 1.29 is 0 Å². The molecule has 0 fully saturated rings. The summed E-state index contributed by atoms with van der Waals surface area (Å²) >= 11 is 1.61. The zero-order chi connectivity index (χ0) is 12.4. The van der Waals surface area contributed by atoms with Gasteiger partial charge >= 0.3 is 0 Å². The molecule has 0 aliphatic heterocycles. The number of hydrogen-bond acceptors (Lipinski definition) is 5. The molecule has 0 atom stereocenters. The molecule has 3 rings (SSSR count). The Balaban J connectivity index is 1.85. The number of nitrogen functional groups attached to an aromatic ring is 1. The number of thiazole rings is 1. The van der Waals surface area contributed by atoms with Gasteiger partial charge in [0.1, 0.15) is 11.3 Å². The lowest BCUT2D eigenvalue weighted by atomic mass is 10.2. The van der Waals surface area contributed by atoms with Crippen molar-refractivity contribution in [1.29, 1.82) is 0 Å². The van der Waals surface area contributed by atoms with Gasteiger partial charge in [0.2, 0.25) is 0 Å². The highest BCUT2D eigenvalue weighted by Gasteiger charge is 2.05. The summed E-state index contributed by atoms with van der Waals surface area (Å²) in [6.07, 6.45) is 3.50. The Labute approximate surface area is 108 Å². The molecular formula is C12H11N5S. The van der Waals surface area contributed by atoms with Crippen LogP contribution in [0.15, 0.2) is 42.2 Å². The van der Waals surface area contributed by atoms with Crippen molar-refractivity contribution in [2.45, 2.75) is 6.54 Å². The number of nitrogens with two attached hydrogens (primary N) is 1. The predicted molar refractivity (Wildman–Crippen MR) is 71.1 cm³/mol. The van der Waals surface area contributed by atoms with Crippen LogP contribution in [0.1, 0.15) is 5.01 Å². The first-order chi connectivity index (χ1) is 8.81. The van der Waals surface area contributed by atoms with E-state index in [4.69, 9.17) is 5.73 Å². The second-order valence-electron chi connectivity index (χ2n) is 3.82. The fourth-order valence-electron chi connectivity index (χ4n) is 1.65. The average molecular weight is 257 g/mol. The van der Waals surface area contributed by atoms with Crippen LogP contribution in [0.2, 0.25) is 0 Å². The number of benzene rings is 1. The highest BCUT2D eigenvalue weighted by molar-refractivity contribution is 7.09. The van der Waals surface area contributed by atoms with E-state index in [2.05, 4.69) is 15.1 Å². The molecule has 0 aliphatic carbocycles. The van der Waals surface area contributed by atoms with Crippen LogP contribution in [-0.4, -0.2) is 19.7 Å². The largest absolute Gasteiger partial charge is 0.399 e. The Morgan fingerprint density at radius 3 is 3.00 bits per heavy atom. The topological polar surface area (TPSA) is 69.6 Å². The molecule has 0 amide bonds. The van der Waals surface area contributed by atoms with E-state index in [0.29, 0.717) is 18.1 Å². The van der Waals surface area contributed by atoms with Crippen molar-refractivity contribution >= 4 is 17.0 Å². The van der Waals surface area contributed by atoms with Crippen molar-refractivity contribution in [3.05, 3.63) is 47.2 Å². The van der Waals surface area contributed by atoms with Gasteiger partial charge in [-0.15, -0.1) is 11.3 Å². The maximum Gasteiger partial charge on any atom is 0.181 e. The first-order valence-corrected chi connectivity index (χ1v) is 6.33. The van der Waals surface area contributed by atoms with E-state index < -0.39 is 0 Å². The lowest BCUT2D eigenvalue weighted by Gasteiger charge is -1.97. The third-order valence-corrected chi connectivity index (χ3v) is 3.23. The van der Waals surface area contributed by atoms with Crippen LogP contribution >= 0.6 is 11.3 Å². The van der Waals surface area contributed by atoms with Crippen LogP contribution in [-0.2, 0) is 6.54 Å². The molecule has 0 unspecified atom stereocenters. The summed E-state index contributed by atoms with van der Waals surface area (Å²) in [6.45, 7) is 0.646. The molecule has 0 bridgehead atoms. The molecule has 0 radical (unpaired) electrons. The molecule has 2 aromatic heterocycles. The molecule has 0 spiro atoms. The third-order valence-electron chi connectivity index (χ3n) is 2.46. The fraction of sp³-hybridized carbons (Fsp3) is 0.0833. The summed E-state index contributed by atoms with van der Waals surface area (Å²) in [4.78, 5) is 8.50. The van der Waals surface area contributed by atoms with Crippen molar-refractivity contribution in [1.82, 2.24) is 19.7 Å². The lowest BCUT2D eigenvalue weighted by molar-refractivity contribution is 0.683.